The Bertz CT molecular complexity index is 1010. The largest absolute Gasteiger partial charge is 0.335 e. The number of aryl methyl sites for hydroxylation is 1. The Morgan fingerprint density at radius 2 is 1.68 bits per heavy atom. The third-order valence-corrected chi connectivity index (χ3v) is 6.81. The van der Waals surface area contributed by atoms with Gasteiger partial charge in [0.05, 0.1) is 22.3 Å². The number of thiophene rings is 1. The number of benzene rings is 1. The number of carbonyl (C=O) groups is 2. The van der Waals surface area contributed by atoms with Crippen LogP contribution in [-0.2, 0) is 13.0 Å². The molecule has 144 valence electrons. The molecule has 1 aromatic carbocycles. The second-order valence-electron chi connectivity index (χ2n) is 7.42. The molecule has 0 N–H and O–H groups in total. The SMILES string of the molecule is O=C(c1cc2ccccc2s1)N1CCN(C(=O)c2cnn3c2CCCC3)CC1. The van der Waals surface area contributed by atoms with Gasteiger partial charge in [0.25, 0.3) is 11.8 Å². The van der Waals surface area contributed by atoms with Gasteiger partial charge in [-0.25, -0.2) is 0 Å². The van der Waals surface area contributed by atoms with Crippen molar-refractivity contribution in [3.05, 3.63) is 52.7 Å². The number of nitrogens with zero attached hydrogens (tertiary/aromatic N) is 4. The Hall–Kier alpha value is -2.67. The highest BCUT2D eigenvalue weighted by molar-refractivity contribution is 7.20. The van der Waals surface area contributed by atoms with Gasteiger partial charge >= 0.3 is 0 Å². The first-order valence-corrected chi connectivity index (χ1v) is 10.6. The van der Waals surface area contributed by atoms with Gasteiger partial charge in [-0.05, 0) is 36.8 Å². The van der Waals surface area contributed by atoms with Crippen molar-refractivity contribution < 1.29 is 9.59 Å². The van der Waals surface area contributed by atoms with Crippen LogP contribution in [0.5, 0.6) is 0 Å². The molecule has 2 aliphatic rings. The van der Waals surface area contributed by atoms with Gasteiger partial charge in [0, 0.05) is 37.4 Å². The molecule has 0 saturated carbocycles. The van der Waals surface area contributed by atoms with Crippen LogP contribution < -0.4 is 0 Å². The summed E-state index contributed by atoms with van der Waals surface area (Å²) in [6, 6.07) is 10.0. The number of piperazine rings is 1. The molecule has 5 rings (SSSR count). The third kappa shape index (κ3) is 2.99. The molecule has 2 aromatic heterocycles. The molecule has 7 heteroatoms. The highest BCUT2D eigenvalue weighted by atomic mass is 32.1. The summed E-state index contributed by atoms with van der Waals surface area (Å²) in [5, 5.41) is 5.49. The normalized spacial score (nSPS) is 17.0. The van der Waals surface area contributed by atoms with Crippen molar-refractivity contribution in [1.82, 2.24) is 19.6 Å². The molecule has 2 amide bonds. The average molecular weight is 395 g/mol. The van der Waals surface area contributed by atoms with Crippen LogP contribution in [0.1, 0.15) is 38.6 Å². The highest BCUT2D eigenvalue weighted by Crippen LogP contribution is 2.27. The lowest BCUT2D eigenvalue weighted by molar-refractivity contribution is 0.0537. The topological polar surface area (TPSA) is 58.4 Å². The summed E-state index contributed by atoms with van der Waals surface area (Å²) in [6.45, 7) is 3.19. The summed E-state index contributed by atoms with van der Waals surface area (Å²) in [7, 11) is 0. The molecular formula is C21H22N4O2S. The number of aromatic nitrogens is 2. The second-order valence-corrected chi connectivity index (χ2v) is 8.50. The third-order valence-electron chi connectivity index (χ3n) is 5.70. The maximum absolute atomic E-state index is 13.0. The van der Waals surface area contributed by atoms with Crippen molar-refractivity contribution in [2.45, 2.75) is 25.8 Å². The minimum absolute atomic E-state index is 0.0529. The van der Waals surface area contributed by atoms with Crippen molar-refractivity contribution in [2.75, 3.05) is 26.2 Å². The molecule has 0 atom stereocenters. The summed E-state index contributed by atoms with van der Waals surface area (Å²) in [5.41, 5.74) is 1.81. The Labute approximate surface area is 167 Å². The number of hydrogen-bond acceptors (Lipinski definition) is 4. The predicted molar refractivity (Wildman–Crippen MR) is 109 cm³/mol. The Morgan fingerprint density at radius 3 is 2.46 bits per heavy atom. The lowest BCUT2D eigenvalue weighted by Gasteiger charge is -2.34. The Kier molecular flexibility index (Phi) is 4.39. The zero-order chi connectivity index (χ0) is 19.1. The fourth-order valence-corrected chi connectivity index (χ4v) is 5.16. The maximum atomic E-state index is 13.0. The van der Waals surface area contributed by atoms with Crippen molar-refractivity contribution in [3.63, 3.8) is 0 Å². The van der Waals surface area contributed by atoms with Gasteiger partial charge in [-0.2, -0.15) is 5.10 Å². The van der Waals surface area contributed by atoms with E-state index in [1.807, 2.05) is 44.8 Å². The van der Waals surface area contributed by atoms with Crippen molar-refractivity contribution >= 4 is 33.2 Å². The maximum Gasteiger partial charge on any atom is 0.264 e. The fraction of sp³-hybridized carbons (Fsp3) is 0.381. The average Bonchev–Trinajstić information content (AvgIpc) is 3.37. The number of fused-ring (bicyclic) bond motifs is 2. The first kappa shape index (κ1) is 17.4. The Balaban J connectivity index is 1.26. The molecule has 6 nitrogen and oxygen atoms in total. The molecule has 0 radical (unpaired) electrons. The van der Waals surface area contributed by atoms with Gasteiger partial charge in [-0.1, -0.05) is 18.2 Å². The fourth-order valence-electron chi connectivity index (χ4n) is 4.13. The van der Waals surface area contributed by atoms with Crippen LogP contribution in [0.25, 0.3) is 10.1 Å². The molecule has 3 aromatic rings. The van der Waals surface area contributed by atoms with Gasteiger partial charge in [0.15, 0.2) is 0 Å². The van der Waals surface area contributed by atoms with E-state index in [9.17, 15) is 9.59 Å². The molecule has 0 bridgehead atoms. The van der Waals surface area contributed by atoms with E-state index in [1.165, 1.54) is 11.3 Å². The van der Waals surface area contributed by atoms with Gasteiger partial charge in [0.1, 0.15) is 0 Å². The van der Waals surface area contributed by atoms with Crippen LogP contribution in [0.3, 0.4) is 0 Å². The lowest BCUT2D eigenvalue weighted by atomic mass is 10.1. The molecule has 0 unspecified atom stereocenters. The van der Waals surface area contributed by atoms with E-state index in [0.717, 1.165) is 52.0 Å². The van der Waals surface area contributed by atoms with Gasteiger partial charge in [-0.3, -0.25) is 14.3 Å². The zero-order valence-electron chi connectivity index (χ0n) is 15.6. The summed E-state index contributed by atoms with van der Waals surface area (Å²) >= 11 is 1.54. The first-order valence-electron chi connectivity index (χ1n) is 9.82. The summed E-state index contributed by atoms with van der Waals surface area (Å²) in [6.07, 6.45) is 4.88. The molecule has 28 heavy (non-hydrogen) atoms. The minimum Gasteiger partial charge on any atom is -0.335 e. The number of amides is 2. The summed E-state index contributed by atoms with van der Waals surface area (Å²) in [5.74, 6) is 0.119. The van der Waals surface area contributed by atoms with Crippen LogP contribution in [-0.4, -0.2) is 57.6 Å². The number of hydrogen-bond donors (Lipinski definition) is 0. The molecular weight excluding hydrogens is 372 g/mol. The van der Waals surface area contributed by atoms with Crippen molar-refractivity contribution in [3.8, 4) is 0 Å². The monoisotopic (exact) mass is 394 g/mol. The van der Waals surface area contributed by atoms with Crippen molar-refractivity contribution in [2.24, 2.45) is 0 Å². The van der Waals surface area contributed by atoms with E-state index < -0.39 is 0 Å². The standard InChI is InChI=1S/C21H22N4O2S/c26-20(16-14-22-25-8-4-3-6-17(16)25)23-9-11-24(12-10-23)21(27)19-13-15-5-1-2-7-18(15)28-19/h1-2,5,7,13-14H,3-4,6,8-12H2. The number of carbonyl (C=O) groups excluding carboxylic acids is 2. The molecule has 1 saturated heterocycles. The molecule has 2 aliphatic heterocycles. The lowest BCUT2D eigenvalue weighted by Crippen LogP contribution is -2.50. The van der Waals surface area contributed by atoms with Crippen molar-refractivity contribution in [1.29, 1.82) is 0 Å². The first-order chi connectivity index (χ1) is 13.7. The van der Waals surface area contributed by atoms with Crippen LogP contribution >= 0.6 is 11.3 Å². The van der Waals surface area contributed by atoms with Gasteiger partial charge < -0.3 is 9.80 Å². The minimum atomic E-state index is 0.0529. The zero-order valence-corrected chi connectivity index (χ0v) is 16.5. The van der Waals surface area contributed by atoms with Gasteiger partial charge in [-0.15, -0.1) is 11.3 Å². The summed E-state index contributed by atoms with van der Waals surface area (Å²) in [4.78, 5) is 30.3. The highest BCUT2D eigenvalue weighted by Gasteiger charge is 2.29. The van der Waals surface area contributed by atoms with Crippen LogP contribution in [0.2, 0.25) is 0 Å². The van der Waals surface area contributed by atoms with Crippen LogP contribution in [0.15, 0.2) is 36.5 Å². The second kappa shape index (κ2) is 7.05. The number of rotatable bonds is 2. The molecule has 4 heterocycles. The van der Waals surface area contributed by atoms with E-state index in [0.29, 0.717) is 26.2 Å². The molecule has 0 spiro atoms. The van der Waals surface area contributed by atoms with E-state index in [2.05, 4.69) is 5.10 Å². The Morgan fingerprint density at radius 1 is 0.929 bits per heavy atom. The van der Waals surface area contributed by atoms with E-state index >= 15 is 0 Å². The van der Waals surface area contributed by atoms with E-state index in [1.54, 1.807) is 6.20 Å². The smallest absolute Gasteiger partial charge is 0.264 e. The van der Waals surface area contributed by atoms with Crippen LogP contribution in [0, 0.1) is 0 Å². The van der Waals surface area contributed by atoms with Gasteiger partial charge in [0.2, 0.25) is 0 Å². The van der Waals surface area contributed by atoms with Crippen LogP contribution in [0.4, 0.5) is 0 Å². The van der Waals surface area contributed by atoms with E-state index in [4.69, 9.17) is 0 Å². The molecule has 0 aliphatic carbocycles. The quantitative estimate of drug-likeness (QED) is 0.671. The summed E-state index contributed by atoms with van der Waals surface area (Å²) < 4.78 is 3.10. The molecule has 1 fully saturated rings. The predicted octanol–water partition coefficient (Wildman–Crippen LogP) is 3.03. The van der Waals surface area contributed by atoms with E-state index in [-0.39, 0.29) is 11.8 Å².